The molecular formula is C18H21F2N. The van der Waals surface area contributed by atoms with E-state index in [9.17, 15) is 8.78 Å². The van der Waals surface area contributed by atoms with Crippen LogP contribution in [0.1, 0.15) is 30.0 Å². The summed E-state index contributed by atoms with van der Waals surface area (Å²) < 4.78 is 27.8. The molecule has 2 aromatic carbocycles. The van der Waals surface area contributed by atoms with Crippen molar-refractivity contribution in [3.05, 3.63) is 58.7 Å². The topological polar surface area (TPSA) is 12.0 Å². The summed E-state index contributed by atoms with van der Waals surface area (Å²) in [5.41, 5.74) is 3.49. The Hall–Kier alpha value is -1.74. The van der Waals surface area contributed by atoms with Crippen LogP contribution in [0.3, 0.4) is 0 Å². The molecule has 3 heteroatoms. The van der Waals surface area contributed by atoms with Gasteiger partial charge >= 0.3 is 0 Å². The van der Waals surface area contributed by atoms with Crippen molar-refractivity contribution in [2.45, 2.75) is 33.7 Å². The van der Waals surface area contributed by atoms with E-state index in [1.165, 1.54) is 12.1 Å². The third-order valence-electron chi connectivity index (χ3n) is 3.59. The second-order valence-electron chi connectivity index (χ2n) is 5.41. The number of halogens is 2. The van der Waals surface area contributed by atoms with Crippen LogP contribution in [-0.2, 0) is 6.54 Å². The highest BCUT2D eigenvalue weighted by Gasteiger charge is 2.11. The quantitative estimate of drug-likeness (QED) is 0.783. The number of aryl methyl sites for hydroxylation is 2. The van der Waals surface area contributed by atoms with E-state index in [0.717, 1.165) is 36.2 Å². The second-order valence-corrected chi connectivity index (χ2v) is 5.41. The largest absolute Gasteiger partial charge is 0.313 e. The van der Waals surface area contributed by atoms with E-state index in [0.29, 0.717) is 11.1 Å². The Kier molecular flexibility index (Phi) is 5.07. The van der Waals surface area contributed by atoms with Crippen LogP contribution in [-0.4, -0.2) is 6.54 Å². The summed E-state index contributed by atoms with van der Waals surface area (Å²) in [5.74, 6) is -0.756. The fourth-order valence-electron chi connectivity index (χ4n) is 2.40. The van der Waals surface area contributed by atoms with Crippen molar-refractivity contribution in [2.75, 3.05) is 6.54 Å². The molecule has 0 heterocycles. The molecule has 0 radical (unpaired) electrons. The molecule has 0 aliphatic carbocycles. The maximum absolute atomic E-state index is 14.1. The zero-order valence-electron chi connectivity index (χ0n) is 12.8. The molecule has 2 aromatic rings. The summed E-state index contributed by atoms with van der Waals surface area (Å²) >= 11 is 0. The average Bonchev–Trinajstić information content (AvgIpc) is 2.44. The Bertz CT molecular complexity index is 635. The minimum absolute atomic E-state index is 0.323. The predicted octanol–water partition coefficient (Wildman–Crippen LogP) is 4.75. The van der Waals surface area contributed by atoms with Crippen LogP contribution in [0, 0.1) is 25.5 Å². The molecule has 0 spiro atoms. The van der Waals surface area contributed by atoms with Gasteiger partial charge in [-0.3, -0.25) is 0 Å². The zero-order valence-corrected chi connectivity index (χ0v) is 12.8. The lowest BCUT2D eigenvalue weighted by molar-refractivity contribution is 0.595. The van der Waals surface area contributed by atoms with E-state index in [1.54, 1.807) is 6.92 Å². The lowest BCUT2D eigenvalue weighted by Gasteiger charge is -2.11. The normalized spacial score (nSPS) is 10.9. The predicted molar refractivity (Wildman–Crippen MR) is 83.3 cm³/mol. The minimum Gasteiger partial charge on any atom is -0.313 e. The lowest BCUT2D eigenvalue weighted by Crippen LogP contribution is -2.13. The number of hydrogen-bond acceptors (Lipinski definition) is 1. The molecule has 0 unspecified atom stereocenters. The SMILES string of the molecule is CCCNCc1ccc(-c2cc(F)c(C)cc2F)c(C)c1. The number of hydrogen-bond donors (Lipinski definition) is 1. The Balaban J connectivity index is 2.31. The molecule has 0 saturated heterocycles. The van der Waals surface area contributed by atoms with Gasteiger partial charge in [-0.2, -0.15) is 0 Å². The van der Waals surface area contributed by atoms with Gasteiger partial charge < -0.3 is 5.32 Å². The monoisotopic (exact) mass is 289 g/mol. The van der Waals surface area contributed by atoms with Crippen LogP contribution in [0.2, 0.25) is 0 Å². The first-order valence-corrected chi connectivity index (χ1v) is 7.29. The zero-order chi connectivity index (χ0) is 15.4. The average molecular weight is 289 g/mol. The van der Waals surface area contributed by atoms with Gasteiger partial charge in [0.15, 0.2) is 0 Å². The summed E-state index contributed by atoms with van der Waals surface area (Å²) in [6.45, 7) is 7.38. The molecule has 1 nitrogen and oxygen atoms in total. The van der Waals surface area contributed by atoms with E-state index in [4.69, 9.17) is 0 Å². The van der Waals surface area contributed by atoms with Crippen LogP contribution in [0.15, 0.2) is 30.3 Å². The van der Waals surface area contributed by atoms with E-state index < -0.39 is 0 Å². The molecule has 0 amide bonds. The van der Waals surface area contributed by atoms with Crippen LogP contribution in [0.5, 0.6) is 0 Å². The van der Waals surface area contributed by atoms with Gasteiger partial charge in [-0.15, -0.1) is 0 Å². The van der Waals surface area contributed by atoms with Gasteiger partial charge in [-0.05, 0) is 61.2 Å². The fourth-order valence-corrected chi connectivity index (χ4v) is 2.40. The fraction of sp³-hybridized carbons (Fsp3) is 0.333. The molecule has 0 aliphatic heterocycles. The summed E-state index contributed by atoms with van der Waals surface area (Å²) in [4.78, 5) is 0. The van der Waals surface area contributed by atoms with Crippen LogP contribution in [0.4, 0.5) is 8.78 Å². The first-order valence-electron chi connectivity index (χ1n) is 7.29. The van der Waals surface area contributed by atoms with Crippen molar-refractivity contribution in [1.82, 2.24) is 5.32 Å². The van der Waals surface area contributed by atoms with Crippen LogP contribution in [0.25, 0.3) is 11.1 Å². The van der Waals surface area contributed by atoms with Crippen molar-refractivity contribution in [1.29, 1.82) is 0 Å². The standard InChI is InChI=1S/C18H21F2N/c1-4-7-21-11-14-5-6-15(12(2)8-14)16-10-17(19)13(3)9-18(16)20/h5-6,8-10,21H,4,7,11H2,1-3H3. The van der Waals surface area contributed by atoms with Gasteiger partial charge in [-0.25, -0.2) is 8.78 Å². The first kappa shape index (κ1) is 15.6. The summed E-state index contributed by atoms with van der Waals surface area (Å²) in [6, 6.07) is 8.38. The molecule has 21 heavy (non-hydrogen) atoms. The molecule has 0 aromatic heterocycles. The minimum atomic E-state index is -0.381. The highest BCUT2D eigenvalue weighted by Crippen LogP contribution is 2.28. The molecule has 0 atom stereocenters. The molecule has 0 fully saturated rings. The van der Waals surface area contributed by atoms with Gasteiger partial charge in [0, 0.05) is 12.1 Å². The maximum Gasteiger partial charge on any atom is 0.131 e. The highest BCUT2D eigenvalue weighted by molar-refractivity contribution is 5.68. The van der Waals surface area contributed by atoms with E-state index in [1.807, 2.05) is 25.1 Å². The Morgan fingerprint density at radius 1 is 0.905 bits per heavy atom. The molecular weight excluding hydrogens is 268 g/mol. The van der Waals surface area contributed by atoms with Gasteiger partial charge in [-0.1, -0.05) is 25.1 Å². The van der Waals surface area contributed by atoms with E-state index >= 15 is 0 Å². The Morgan fingerprint density at radius 2 is 1.67 bits per heavy atom. The van der Waals surface area contributed by atoms with Crippen molar-refractivity contribution in [3.63, 3.8) is 0 Å². The summed E-state index contributed by atoms with van der Waals surface area (Å²) in [6.07, 6.45) is 1.09. The van der Waals surface area contributed by atoms with Gasteiger partial charge in [0.2, 0.25) is 0 Å². The number of rotatable bonds is 5. The number of nitrogens with one attached hydrogen (secondary N) is 1. The molecule has 112 valence electrons. The second kappa shape index (κ2) is 6.81. The van der Waals surface area contributed by atoms with Crippen molar-refractivity contribution >= 4 is 0 Å². The number of benzene rings is 2. The van der Waals surface area contributed by atoms with E-state index in [2.05, 4.69) is 12.2 Å². The smallest absolute Gasteiger partial charge is 0.131 e. The van der Waals surface area contributed by atoms with Crippen LogP contribution < -0.4 is 5.32 Å². The van der Waals surface area contributed by atoms with Crippen LogP contribution >= 0.6 is 0 Å². The third kappa shape index (κ3) is 3.67. The lowest BCUT2D eigenvalue weighted by atomic mass is 9.97. The van der Waals surface area contributed by atoms with Gasteiger partial charge in [0.05, 0.1) is 0 Å². The molecule has 2 rings (SSSR count). The molecule has 0 bridgehead atoms. The van der Waals surface area contributed by atoms with Crippen molar-refractivity contribution in [2.24, 2.45) is 0 Å². The first-order chi connectivity index (χ1) is 10.0. The third-order valence-corrected chi connectivity index (χ3v) is 3.59. The Labute approximate surface area is 125 Å². The van der Waals surface area contributed by atoms with Gasteiger partial charge in [0.25, 0.3) is 0 Å². The van der Waals surface area contributed by atoms with E-state index in [-0.39, 0.29) is 11.6 Å². The molecule has 0 saturated carbocycles. The summed E-state index contributed by atoms with van der Waals surface area (Å²) in [5, 5.41) is 3.33. The van der Waals surface area contributed by atoms with Crippen molar-refractivity contribution in [3.8, 4) is 11.1 Å². The Morgan fingerprint density at radius 3 is 2.33 bits per heavy atom. The van der Waals surface area contributed by atoms with Gasteiger partial charge in [0.1, 0.15) is 11.6 Å². The maximum atomic E-state index is 14.1. The molecule has 0 aliphatic rings. The highest BCUT2D eigenvalue weighted by atomic mass is 19.1. The van der Waals surface area contributed by atoms with Crippen molar-refractivity contribution < 1.29 is 8.78 Å². The molecule has 1 N–H and O–H groups in total. The summed E-state index contributed by atoms with van der Waals surface area (Å²) in [7, 11) is 0.